The van der Waals surface area contributed by atoms with E-state index in [1.165, 1.54) is 225 Å². The Morgan fingerprint density at radius 2 is 0.470 bits per heavy atom. The number of carbonyl (C=O) groups is 3. The van der Waals surface area contributed by atoms with E-state index < -0.39 is 6.10 Å². The molecule has 0 aromatic rings. The van der Waals surface area contributed by atoms with Gasteiger partial charge in [-0.25, -0.2) is 0 Å². The van der Waals surface area contributed by atoms with Crippen molar-refractivity contribution in [3.05, 3.63) is 85.1 Å². The highest BCUT2D eigenvalue weighted by Gasteiger charge is 2.19. The number of hydrogen-bond acceptors (Lipinski definition) is 6. The fraction of sp³-hybridized carbons (Fsp3) is 0.779. The van der Waals surface area contributed by atoms with Gasteiger partial charge in [0.2, 0.25) is 0 Å². The maximum Gasteiger partial charge on any atom is 0.306 e. The highest BCUT2D eigenvalue weighted by atomic mass is 16.6. The van der Waals surface area contributed by atoms with E-state index in [1.54, 1.807) is 0 Å². The third-order valence-electron chi connectivity index (χ3n) is 15.9. The van der Waals surface area contributed by atoms with Gasteiger partial charge in [0.25, 0.3) is 0 Å². The van der Waals surface area contributed by atoms with Crippen LogP contribution in [0.3, 0.4) is 0 Å². The third-order valence-corrected chi connectivity index (χ3v) is 15.9. The number of hydrogen-bond donors (Lipinski definition) is 0. The molecule has 0 spiro atoms. The van der Waals surface area contributed by atoms with Crippen LogP contribution in [0.25, 0.3) is 0 Å². The average molecular weight is 1160 g/mol. The monoisotopic (exact) mass is 1160 g/mol. The molecule has 0 heterocycles. The van der Waals surface area contributed by atoms with Gasteiger partial charge in [0, 0.05) is 19.3 Å². The van der Waals surface area contributed by atoms with Gasteiger partial charge in [-0.3, -0.25) is 14.4 Å². The van der Waals surface area contributed by atoms with Crippen molar-refractivity contribution >= 4 is 17.9 Å². The molecule has 0 aromatic carbocycles. The predicted molar refractivity (Wildman–Crippen MR) is 362 cm³/mol. The Bertz CT molecular complexity index is 1570. The highest BCUT2D eigenvalue weighted by Crippen LogP contribution is 2.18. The van der Waals surface area contributed by atoms with Crippen molar-refractivity contribution < 1.29 is 28.6 Å². The molecule has 0 saturated heterocycles. The first-order valence-electron chi connectivity index (χ1n) is 36.1. The smallest absolute Gasteiger partial charge is 0.306 e. The molecule has 6 nitrogen and oxygen atoms in total. The van der Waals surface area contributed by atoms with E-state index in [4.69, 9.17) is 14.2 Å². The molecule has 0 aliphatic carbocycles. The molecule has 0 aliphatic rings. The Labute approximate surface area is 515 Å². The molecule has 0 rings (SSSR count). The second-order valence-electron chi connectivity index (χ2n) is 24.1. The molecule has 0 aliphatic heterocycles. The van der Waals surface area contributed by atoms with Gasteiger partial charge in [-0.1, -0.05) is 318 Å². The molecule has 0 radical (unpaired) electrons. The summed E-state index contributed by atoms with van der Waals surface area (Å²) in [5.74, 6) is -0.876. The molecule has 0 amide bonds. The van der Waals surface area contributed by atoms with E-state index in [9.17, 15) is 14.4 Å². The number of unbranched alkanes of at least 4 members (excludes halogenated alkanes) is 41. The topological polar surface area (TPSA) is 78.9 Å². The van der Waals surface area contributed by atoms with Gasteiger partial charge in [-0.15, -0.1) is 0 Å². The van der Waals surface area contributed by atoms with Gasteiger partial charge in [0.1, 0.15) is 13.2 Å². The predicted octanol–water partition coefficient (Wildman–Crippen LogP) is 25.0. The molecule has 1 unspecified atom stereocenters. The summed E-state index contributed by atoms with van der Waals surface area (Å²) in [6.07, 6.45) is 94.9. The number of esters is 3. The minimum absolute atomic E-state index is 0.0776. The van der Waals surface area contributed by atoms with Crippen LogP contribution >= 0.6 is 0 Å². The zero-order chi connectivity index (χ0) is 59.9. The lowest BCUT2D eigenvalue weighted by molar-refractivity contribution is -0.167. The lowest BCUT2D eigenvalue weighted by Crippen LogP contribution is -2.30. The van der Waals surface area contributed by atoms with E-state index in [1.807, 2.05) is 0 Å². The number of rotatable bonds is 66. The van der Waals surface area contributed by atoms with Crippen LogP contribution in [0.2, 0.25) is 0 Å². The summed E-state index contributed by atoms with van der Waals surface area (Å²) < 4.78 is 17.0. The van der Waals surface area contributed by atoms with Crippen LogP contribution in [0.1, 0.15) is 367 Å². The van der Waals surface area contributed by atoms with Gasteiger partial charge < -0.3 is 14.2 Å². The van der Waals surface area contributed by atoms with Crippen molar-refractivity contribution in [2.24, 2.45) is 0 Å². The molecule has 6 heteroatoms. The highest BCUT2D eigenvalue weighted by molar-refractivity contribution is 5.71. The van der Waals surface area contributed by atoms with Crippen LogP contribution in [0, 0.1) is 0 Å². The second kappa shape index (κ2) is 71.1. The van der Waals surface area contributed by atoms with E-state index in [2.05, 4.69) is 106 Å². The van der Waals surface area contributed by atoms with Crippen molar-refractivity contribution in [3.63, 3.8) is 0 Å². The number of carbonyl (C=O) groups excluding carboxylic acids is 3. The van der Waals surface area contributed by atoms with Crippen molar-refractivity contribution in [2.75, 3.05) is 13.2 Å². The maximum atomic E-state index is 12.9. The van der Waals surface area contributed by atoms with Gasteiger partial charge in [-0.05, 0) is 116 Å². The van der Waals surface area contributed by atoms with Crippen molar-refractivity contribution in [1.29, 1.82) is 0 Å². The minimum Gasteiger partial charge on any atom is -0.462 e. The normalized spacial score (nSPS) is 12.6. The zero-order valence-electron chi connectivity index (χ0n) is 55.2. The SMILES string of the molecule is CC/C=C\C/C=C\C/C=C\C/C=C\CCCCCCCCCCCCCCCCCCCCCCCCC(=O)OCC(COC(=O)CCCCCCC/C=C\CCCCC)OC(=O)CCCCCCCCC/C=C\C/C=C\CCCCCC. The maximum absolute atomic E-state index is 12.9. The molecule has 0 fully saturated rings. The number of allylic oxidation sites excluding steroid dienone is 14. The summed E-state index contributed by atoms with van der Waals surface area (Å²) in [4.78, 5) is 38.4. The van der Waals surface area contributed by atoms with Crippen molar-refractivity contribution in [3.8, 4) is 0 Å². The molecule has 83 heavy (non-hydrogen) atoms. The van der Waals surface area contributed by atoms with Crippen molar-refractivity contribution in [1.82, 2.24) is 0 Å². The molecule has 0 aromatic heterocycles. The third kappa shape index (κ3) is 69.3. The molecular weight excluding hydrogens is 1020 g/mol. The van der Waals surface area contributed by atoms with Gasteiger partial charge in [0.05, 0.1) is 0 Å². The van der Waals surface area contributed by atoms with E-state index >= 15 is 0 Å². The molecular formula is C77H136O6. The Morgan fingerprint density at radius 3 is 0.771 bits per heavy atom. The summed E-state index contributed by atoms with van der Waals surface area (Å²) in [5, 5.41) is 0. The Balaban J connectivity index is 4.10. The Morgan fingerprint density at radius 1 is 0.253 bits per heavy atom. The largest absolute Gasteiger partial charge is 0.462 e. The fourth-order valence-corrected chi connectivity index (χ4v) is 10.5. The lowest BCUT2D eigenvalue weighted by Gasteiger charge is -2.18. The van der Waals surface area contributed by atoms with Crippen LogP contribution in [0.5, 0.6) is 0 Å². The number of ether oxygens (including phenoxy) is 3. The Kier molecular flexibility index (Phi) is 68.2. The van der Waals surface area contributed by atoms with E-state index in [-0.39, 0.29) is 31.1 Å². The fourth-order valence-electron chi connectivity index (χ4n) is 10.5. The summed E-state index contributed by atoms with van der Waals surface area (Å²) >= 11 is 0. The van der Waals surface area contributed by atoms with Crippen LogP contribution in [0.15, 0.2) is 85.1 Å². The molecule has 0 N–H and O–H groups in total. The first-order valence-corrected chi connectivity index (χ1v) is 36.1. The molecule has 0 saturated carbocycles. The Hall–Kier alpha value is -3.41. The summed E-state index contributed by atoms with van der Waals surface area (Å²) in [7, 11) is 0. The van der Waals surface area contributed by atoms with Crippen LogP contribution < -0.4 is 0 Å². The minimum atomic E-state index is -0.782. The first-order chi connectivity index (χ1) is 41.0. The zero-order valence-corrected chi connectivity index (χ0v) is 55.2. The molecule has 480 valence electrons. The molecule has 1 atom stereocenters. The van der Waals surface area contributed by atoms with Crippen LogP contribution in [0.4, 0.5) is 0 Å². The van der Waals surface area contributed by atoms with Crippen LogP contribution in [-0.4, -0.2) is 37.2 Å². The van der Waals surface area contributed by atoms with Crippen molar-refractivity contribution in [2.45, 2.75) is 374 Å². The van der Waals surface area contributed by atoms with Gasteiger partial charge in [0.15, 0.2) is 6.10 Å². The molecule has 0 bridgehead atoms. The van der Waals surface area contributed by atoms with E-state index in [0.29, 0.717) is 19.3 Å². The van der Waals surface area contributed by atoms with Crippen LogP contribution in [-0.2, 0) is 28.6 Å². The second-order valence-corrected chi connectivity index (χ2v) is 24.1. The van der Waals surface area contributed by atoms with Gasteiger partial charge >= 0.3 is 17.9 Å². The first kappa shape index (κ1) is 79.6. The summed E-state index contributed by atoms with van der Waals surface area (Å²) in [6.45, 7) is 6.52. The van der Waals surface area contributed by atoms with E-state index in [0.717, 1.165) is 103 Å². The quantitative estimate of drug-likeness (QED) is 0.0261. The summed E-state index contributed by atoms with van der Waals surface area (Å²) in [5.41, 5.74) is 0. The lowest BCUT2D eigenvalue weighted by atomic mass is 10.0. The summed E-state index contributed by atoms with van der Waals surface area (Å²) in [6, 6.07) is 0. The average Bonchev–Trinajstić information content (AvgIpc) is 3.49. The standard InChI is InChI=1S/C77H136O6/c1-4-7-10-13-16-19-22-25-27-29-31-32-33-34-35-36-37-38-39-40-41-42-43-44-45-46-47-49-50-52-55-58-61-64-67-70-76(79)82-73-74(72-81-75(78)69-66-63-60-57-54-24-21-18-15-12-9-6-3)83-77(80)71-68-65-62-59-56-53-51-48-30-28-26-23-20-17-14-11-8-5-2/h7,10,16,18-21,23,25,27-28,30-32,74H,4-6,8-9,11-15,17,22,24,26,29,33-73H2,1-3H3/b10-7-,19-16-,21-18-,23-20-,27-25-,30-28-,32-31-. The van der Waals surface area contributed by atoms with Gasteiger partial charge in [-0.2, -0.15) is 0 Å².